The molecule has 3 amide bonds. The van der Waals surface area contributed by atoms with Gasteiger partial charge in [-0.15, -0.1) is 0 Å². The first-order valence-electron chi connectivity index (χ1n) is 8.90. The largest absolute Gasteiger partial charge is 0.478 e. The summed E-state index contributed by atoms with van der Waals surface area (Å²) in [6, 6.07) is 13.8. The van der Waals surface area contributed by atoms with Crippen molar-refractivity contribution in [1.29, 1.82) is 0 Å². The van der Waals surface area contributed by atoms with E-state index in [0.717, 1.165) is 10.5 Å². The average molecular weight is 423 g/mol. The van der Waals surface area contributed by atoms with E-state index in [1.54, 1.807) is 42.5 Å². The zero-order chi connectivity index (χ0) is 21.4. The normalized spacial score (nSPS) is 15.0. The predicted molar refractivity (Wildman–Crippen MR) is 111 cm³/mol. The molecule has 4 rings (SSSR count). The number of nitrogens with zero attached hydrogens (tertiary/aromatic N) is 1. The van der Waals surface area contributed by atoms with Crippen LogP contribution in [0.2, 0.25) is 5.02 Å². The number of carbonyl (C=O) groups excluding carboxylic acids is 2. The summed E-state index contributed by atoms with van der Waals surface area (Å²) in [5, 5.41) is 12.2. The lowest BCUT2D eigenvalue weighted by molar-refractivity contribution is -0.113. The number of nitrogens with one attached hydrogen (secondary N) is 1. The molecule has 0 bridgehead atoms. The van der Waals surface area contributed by atoms with Crippen LogP contribution in [0.5, 0.6) is 0 Å². The Balaban J connectivity index is 1.63. The van der Waals surface area contributed by atoms with Gasteiger partial charge in [-0.05, 0) is 61.0 Å². The van der Waals surface area contributed by atoms with Crippen LogP contribution in [0, 0.1) is 6.92 Å². The maximum atomic E-state index is 12.7. The maximum Gasteiger partial charge on any atom is 0.335 e. The van der Waals surface area contributed by atoms with Crippen LogP contribution in [0.25, 0.3) is 17.4 Å². The van der Waals surface area contributed by atoms with Gasteiger partial charge >= 0.3 is 12.0 Å². The van der Waals surface area contributed by atoms with E-state index in [1.165, 1.54) is 18.2 Å². The Morgan fingerprint density at radius 3 is 2.53 bits per heavy atom. The first-order chi connectivity index (χ1) is 14.3. The Morgan fingerprint density at radius 2 is 1.83 bits per heavy atom. The van der Waals surface area contributed by atoms with Crippen LogP contribution >= 0.6 is 11.6 Å². The number of carboxylic acid groups (broad SMARTS) is 1. The molecule has 2 N–H and O–H groups in total. The van der Waals surface area contributed by atoms with E-state index in [4.69, 9.17) is 16.0 Å². The summed E-state index contributed by atoms with van der Waals surface area (Å²) in [5.41, 5.74) is 2.07. The van der Waals surface area contributed by atoms with E-state index in [9.17, 15) is 19.5 Å². The molecule has 2 heterocycles. The third kappa shape index (κ3) is 3.58. The number of furan rings is 1. The Morgan fingerprint density at radius 1 is 1.10 bits per heavy atom. The third-order valence-corrected chi connectivity index (χ3v) is 4.88. The van der Waals surface area contributed by atoms with Gasteiger partial charge in [0.2, 0.25) is 0 Å². The van der Waals surface area contributed by atoms with E-state index in [0.29, 0.717) is 27.8 Å². The molecule has 1 aliphatic rings. The van der Waals surface area contributed by atoms with Crippen molar-refractivity contribution in [2.24, 2.45) is 0 Å². The van der Waals surface area contributed by atoms with Gasteiger partial charge in [-0.1, -0.05) is 17.7 Å². The number of halogens is 1. The van der Waals surface area contributed by atoms with Gasteiger partial charge in [0.05, 0.1) is 11.3 Å². The fourth-order valence-corrected chi connectivity index (χ4v) is 3.22. The topological polar surface area (TPSA) is 99.9 Å². The fourth-order valence-electron chi connectivity index (χ4n) is 3.10. The van der Waals surface area contributed by atoms with Gasteiger partial charge in [0.15, 0.2) is 0 Å². The van der Waals surface area contributed by atoms with Crippen molar-refractivity contribution in [1.82, 2.24) is 5.32 Å². The lowest BCUT2D eigenvalue weighted by Gasteiger charge is -2.11. The summed E-state index contributed by atoms with van der Waals surface area (Å²) < 4.78 is 5.78. The molecular weight excluding hydrogens is 408 g/mol. The molecule has 150 valence electrons. The number of rotatable bonds is 4. The van der Waals surface area contributed by atoms with Gasteiger partial charge in [0.1, 0.15) is 17.2 Å². The molecule has 0 unspecified atom stereocenters. The van der Waals surface area contributed by atoms with E-state index < -0.39 is 17.9 Å². The number of carboxylic acids is 1. The smallest absolute Gasteiger partial charge is 0.335 e. The minimum absolute atomic E-state index is 0.0619. The number of imide groups is 1. The second-order valence-corrected chi connectivity index (χ2v) is 7.08. The van der Waals surface area contributed by atoms with Crippen LogP contribution in [0.1, 0.15) is 21.7 Å². The molecule has 1 saturated heterocycles. The van der Waals surface area contributed by atoms with Crippen LogP contribution in [0.3, 0.4) is 0 Å². The number of benzene rings is 2. The average Bonchev–Trinajstić information content (AvgIpc) is 3.27. The zero-order valence-electron chi connectivity index (χ0n) is 15.7. The molecule has 1 fully saturated rings. The Hall–Kier alpha value is -3.84. The van der Waals surface area contributed by atoms with Gasteiger partial charge in [-0.3, -0.25) is 4.79 Å². The molecule has 7 nitrogen and oxygen atoms in total. The zero-order valence-corrected chi connectivity index (χ0v) is 16.4. The van der Waals surface area contributed by atoms with E-state index in [2.05, 4.69) is 5.32 Å². The van der Waals surface area contributed by atoms with Gasteiger partial charge in [0.25, 0.3) is 5.91 Å². The van der Waals surface area contributed by atoms with Crippen molar-refractivity contribution in [3.8, 4) is 11.3 Å². The molecule has 1 aliphatic heterocycles. The number of urea groups is 1. The maximum absolute atomic E-state index is 12.7. The first kappa shape index (κ1) is 19.5. The number of hydrogen-bond donors (Lipinski definition) is 2. The minimum atomic E-state index is -1.04. The molecule has 0 spiro atoms. The molecule has 0 saturated carbocycles. The summed E-state index contributed by atoms with van der Waals surface area (Å²) in [6.07, 6.45) is 1.43. The molecule has 0 radical (unpaired) electrons. The van der Waals surface area contributed by atoms with Crippen molar-refractivity contribution < 1.29 is 23.9 Å². The number of aryl methyl sites for hydroxylation is 1. The van der Waals surface area contributed by atoms with Crippen molar-refractivity contribution in [3.05, 3.63) is 82.2 Å². The van der Waals surface area contributed by atoms with Crippen LogP contribution in [0.4, 0.5) is 10.5 Å². The van der Waals surface area contributed by atoms with Crippen LogP contribution < -0.4 is 10.2 Å². The highest BCUT2D eigenvalue weighted by atomic mass is 35.5. The second-order valence-electron chi connectivity index (χ2n) is 6.64. The highest BCUT2D eigenvalue weighted by Gasteiger charge is 2.35. The SMILES string of the molecule is Cc1ccc(C(=O)O)cc1-c1ccc(C=C2NC(=O)N(c3ccc(Cl)cc3)C2=O)o1. The minimum Gasteiger partial charge on any atom is -0.478 e. The lowest BCUT2D eigenvalue weighted by atomic mass is 10.0. The highest BCUT2D eigenvalue weighted by molar-refractivity contribution is 6.31. The van der Waals surface area contributed by atoms with Crippen LogP contribution in [0.15, 0.2) is 64.7 Å². The number of hydrogen-bond acceptors (Lipinski definition) is 4. The fraction of sp³-hybridized carbons (Fsp3) is 0.0455. The number of aromatic carboxylic acids is 1. The van der Waals surface area contributed by atoms with E-state index in [-0.39, 0.29) is 11.3 Å². The summed E-state index contributed by atoms with van der Waals surface area (Å²) in [5.74, 6) is -0.767. The van der Waals surface area contributed by atoms with Crippen molar-refractivity contribution in [2.75, 3.05) is 4.90 Å². The Labute approximate surface area is 176 Å². The first-order valence-corrected chi connectivity index (χ1v) is 9.28. The van der Waals surface area contributed by atoms with E-state index >= 15 is 0 Å². The summed E-state index contributed by atoms with van der Waals surface area (Å²) >= 11 is 5.86. The Bertz CT molecular complexity index is 1210. The molecule has 2 aromatic carbocycles. The quantitative estimate of drug-likeness (QED) is 0.468. The molecular formula is C22H15ClN2O5. The molecule has 0 aliphatic carbocycles. The monoisotopic (exact) mass is 422 g/mol. The van der Waals surface area contributed by atoms with Crippen molar-refractivity contribution in [3.63, 3.8) is 0 Å². The predicted octanol–water partition coefficient (Wildman–Crippen LogP) is 4.70. The van der Waals surface area contributed by atoms with Gasteiger partial charge in [-0.2, -0.15) is 0 Å². The Kier molecular flexibility index (Phi) is 4.89. The van der Waals surface area contributed by atoms with Gasteiger partial charge in [0, 0.05) is 16.7 Å². The molecule has 3 aromatic rings. The van der Waals surface area contributed by atoms with Crippen LogP contribution in [-0.4, -0.2) is 23.0 Å². The van der Waals surface area contributed by atoms with Gasteiger partial charge < -0.3 is 14.8 Å². The van der Waals surface area contributed by atoms with Gasteiger partial charge in [-0.25, -0.2) is 14.5 Å². The van der Waals surface area contributed by atoms with Crippen molar-refractivity contribution in [2.45, 2.75) is 6.92 Å². The molecule has 1 aromatic heterocycles. The van der Waals surface area contributed by atoms with E-state index in [1.807, 2.05) is 6.92 Å². The third-order valence-electron chi connectivity index (χ3n) is 4.63. The lowest BCUT2D eigenvalue weighted by Crippen LogP contribution is -2.30. The summed E-state index contributed by atoms with van der Waals surface area (Å²) in [7, 11) is 0. The number of amides is 3. The standard InChI is InChI=1S/C22H15ClN2O5/c1-12-2-3-13(21(27)28)10-17(12)19-9-8-16(30-19)11-18-20(26)25(22(29)24-18)15-6-4-14(23)5-7-15/h2-11H,1H3,(H,24,29)(H,27,28). The summed E-state index contributed by atoms with van der Waals surface area (Å²) in [6.45, 7) is 1.84. The molecule has 8 heteroatoms. The molecule has 30 heavy (non-hydrogen) atoms. The second kappa shape index (κ2) is 7.53. The van der Waals surface area contributed by atoms with Crippen molar-refractivity contribution >= 4 is 41.3 Å². The summed E-state index contributed by atoms with van der Waals surface area (Å²) in [4.78, 5) is 37.2. The van der Waals surface area contributed by atoms with Crippen LogP contribution in [-0.2, 0) is 4.79 Å². The number of anilines is 1. The molecule has 0 atom stereocenters. The number of carbonyl (C=O) groups is 3. The highest BCUT2D eigenvalue weighted by Crippen LogP contribution is 2.29.